The van der Waals surface area contributed by atoms with Crippen molar-refractivity contribution in [2.75, 3.05) is 13.2 Å². The Hall–Kier alpha value is -3.76. The number of hydrogen-bond acceptors (Lipinski definition) is 8. The van der Waals surface area contributed by atoms with Crippen molar-refractivity contribution in [2.45, 2.75) is 133 Å². The van der Waals surface area contributed by atoms with Gasteiger partial charge in [-0.25, -0.2) is 0 Å². The molecule has 57 heavy (non-hydrogen) atoms. The highest BCUT2D eigenvalue weighted by Crippen LogP contribution is 2.41. The van der Waals surface area contributed by atoms with Crippen LogP contribution in [0.15, 0.2) is 130 Å². The van der Waals surface area contributed by atoms with E-state index in [1.807, 2.05) is 109 Å². The van der Waals surface area contributed by atoms with Crippen LogP contribution >= 0.6 is 0 Å². The molecule has 0 aromatic rings. The number of carbonyl (C=O) groups excluding carboxylic acids is 2. The highest BCUT2D eigenvalue weighted by molar-refractivity contribution is 6.01. The van der Waals surface area contributed by atoms with Gasteiger partial charge >= 0.3 is 0 Å². The normalized spacial score (nSPS) is 23.7. The van der Waals surface area contributed by atoms with E-state index in [1.54, 1.807) is 6.92 Å². The maximum Gasteiger partial charge on any atom is 0.187 e. The number of ether oxygens (including phenoxy) is 1. The number of carbonyl (C=O) groups is 2. The van der Waals surface area contributed by atoms with E-state index < -0.39 is 49.1 Å². The molecule has 0 saturated heterocycles. The molecule has 6 atom stereocenters. The second kappa shape index (κ2) is 24.2. The van der Waals surface area contributed by atoms with Crippen LogP contribution in [0.3, 0.4) is 0 Å². The lowest BCUT2D eigenvalue weighted by atomic mass is 9.69. The van der Waals surface area contributed by atoms with Crippen LogP contribution < -0.4 is 0 Å². The molecule has 6 unspecified atom stereocenters. The van der Waals surface area contributed by atoms with E-state index in [4.69, 9.17) is 9.84 Å². The number of ketones is 2. The molecule has 0 amide bonds. The Kier molecular flexibility index (Phi) is 21.8. The fourth-order valence-corrected chi connectivity index (χ4v) is 6.80. The maximum atomic E-state index is 13.1. The van der Waals surface area contributed by atoms with Gasteiger partial charge < -0.3 is 30.3 Å². The summed E-state index contributed by atoms with van der Waals surface area (Å²) in [6, 6.07) is 0. The molecule has 0 aromatic carbocycles. The maximum absolute atomic E-state index is 13.1. The first-order chi connectivity index (χ1) is 26.5. The van der Waals surface area contributed by atoms with Crippen LogP contribution in [-0.2, 0) is 14.3 Å². The molecule has 2 aliphatic carbocycles. The van der Waals surface area contributed by atoms with Crippen molar-refractivity contribution >= 4 is 11.6 Å². The number of aliphatic hydroxyl groups excluding tert-OH is 5. The van der Waals surface area contributed by atoms with Gasteiger partial charge in [-0.2, -0.15) is 0 Å². The predicted octanol–water partition coefficient (Wildman–Crippen LogP) is 8.67. The number of aliphatic hydroxyl groups is 5. The van der Waals surface area contributed by atoms with E-state index >= 15 is 0 Å². The fraction of sp³-hybridized carbons (Fsp3) is 0.510. The topological polar surface area (TPSA) is 145 Å². The molecule has 0 aromatic heterocycles. The summed E-state index contributed by atoms with van der Waals surface area (Å²) in [5, 5.41) is 48.5. The van der Waals surface area contributed by atoms with Crippen LogP contribution in [0.25, 0.3) is 0 Å². The van der Waals surface area contributed by atoms with Crippen molar-refractivity contribution in [1.82, 2.24) is 0 Å². The lowest BCUT2D eigenvalue weighted by Gasteiger charge is -2.37. The minimum atomic E-state index is -1.75. The van der Waals surface area contributed by atoms with Crippen molar-refractivity contribution in [3.63, 3.8) is 0 Å². The van der Waals surface area contributed by atoms with Crippen LogP contribution in [0, 0.1) is 16.7 Å². The van der Waals surface area contributed by atoms with Crippen LogP contribution in [0.4, 0.5) is 0 Å². The molecule has 2 aliphatic rings. The largest absolute Gasteiger partial charge is 0.394 e. The summed E-state index contributed by atoms with van der Waals surface area (Å²) in [5.74, 6) is 0.342. The average molecular weight is 789 g/mol. The van der Waals surface area contributed by atoms with Gasteiger partial charge in [0.25, 0.3) is 0 Å². The van der Waals surface area contributed by atoms with E-state index in [0.717, 1.165) is 34.3 Å². The Morgan fingerprint density at radius 3 is 1.67 bits per heavy atom. The summed E-state index contributed by atoms with van der Waals surface area (Å²) in [5.41, 5.74) is 8.01. The van der Waals surface area contributed by atoms with E-state index in [0.29, 0.717) is 17.8 Å². The van der Waals surface area contributed by atoms with Gasteiger partial charge in [0.05, 0.1) is 13.2 Å². The van der Waals surface area contributed by atoms with E-state index in [1.165, 1.54) is 11.1 Å². The molecule has 8 nitrogen and oxygen atoms in total. The van der Waals surface area contributed by atoms with Gasteiger partial charge in [0, 0.05) is 5.92 Å². The van der Waals surface area contributed by atoms with Crippen LogP contribution in [0.2, 0.25) is 0 Å². The third-order valence-electron chi connectivity index (χ3n) is 10.7. The standard InChI is InChI=1S/C38H54O7.C11H18O/c1-9-14-26(2)17-12-18-27(3)15-10-11-16-28(4)19-13-20-29(5)21-22-31-30(6)35(42)34(23-38(31,7)8)45-25-33(41)37(44)36(43)32(40)24-39;1-7-6-11(4,5)9(3)8(2)10(7)12/h9-22,32-34,36-37,39-41,43-44H,23-25H2,1-8H3;7H,6H2,1-5H3/b11-10+,14-9+,18-12+,19-13+,22-21+,26-17+,27-15+,28-16+,29-20+;. The summed E-state index contributed by atoms with van der Waals surface area (Å²) in [6.45, 7) is 25.3. The highest BCUT2D eigenvalue weighted by Gasteiger charge is 2.39. The number of Topliss-reactive ketones (excluding diaryl/α,β-unsaturated/α-hetero) is 2. The number of allylic oxidation sites excluding steroid dienone is 21. The molecule has 0 radical (unpaired) electrons. The SMILES string of the molecule is C/C=C/C(C)=C/C=C/C(C)=C/C=C/C=C(C)/C=C/C=C(C)/C=C/C1=C(C)C(=O)C(OCC(O)C(O)C(O)C(O)CO)CC1(C)C.CC1=C(C)C(C)(C)CC(C)C1=O. The average Bonchev–Trinajstić information content (AvgIpc) is 3.14. The molecule has 0 bridgehead atoms. The minimum absolute atomic E-state index is 0.209. The van der Waals surface area contributed by atoms with Gasteiger partial charge in [-0.15, -0.1) is 0 Å². The van der Waals surface area contributed by atoms with Crippen LogP contribution in [0.5, 0.6) is 0 Å². The van der Waals surface area contributed by atoms with Crippen molar-refractivity contribution in [3.8, 4) is 0 Å². The minimum Gasteiger partial charge on any atom is -0.394 e. The number of rotatable bonds is 16. The van der Waals surface area contributed by atoms with Gasteiger partial charge in [-0.1, -0.05) is 148 Å². The Morgan fingerprint density at radius 2 is 1.16 bits per heavy atom. The Labute approximate surface area is 343 Å². The summed E-state index contributed by atoms with van der Waals surface area (Å²) in [7, 11) is 0. The Bertz CT molecular complexity index is 1720. The summed E-state index contributed by atoms with van der Waals surface area (Å²) < 4.78 is 5.66. The fourth-order valence-electron chi connectivity index (χ4n) is 6.80. The first kappa shape index (κ1) is 51.3. The Morgan fingerprint density at radius 1 is 0.684 bits per heavy atom. The molecule has 8 heteroatoms. The van der Waals surface area contributed by atoms with Gasteiger partial charge in [-0.3, -0.25) is 9.59 Å². The third-order valence-corrected chi connectivity index (χ3v) is 10.7. The zero-order chi connectivity index (χ0) is 43.7. The number of hydrogen-bond donors (Lipinski definition) is 5. The highest BCUT2D eigenvalue weighted by atomic mass is 16.5. The first-order valence-corrected chi connectivity index (χ1v) is 20.0. The van der Waals surface area contributed by atoms with Crippen molar-refractivity contribution in [1.29, 1.82) is 0 Å². The predicted molar refractivity (Wildman–Crippen MR) is 234 cm³/mol. The van der Waals surface area contributed by atoms with Gasteiger partial charge in [-0.05, 0) is 95.8 Å². The summed E-state index contributed by atoms with van der Waals surface area (Å²) in [4.78, 5) is 24.7. The van der Waals surface area contributed by atoms with E-state index in [9.17, 15) is 30.0 Å². The van der Waals surface area contributed by atoms with Gasteiger partial charge in [0.2, 0.25) is 0 Å². The first-order valence-electron chi connectivity index (χ1n) is 20.0. The molecule has 0 spiro atoms. The molecule has 0 aliphatic heterocycles. The zero-order valence-electron chi connectivity index (χ0n) is 36.8. The molecule has 5 N–H and O–H groups in total. The van der Waals surface area contributed by atoms with E-state index in [2.05, 4.69) is 58.9 Å². The summed E-state index contributed by atoms with van der Waals surface area (Å²) in [6.07, 6.45) is 22.3. The molecule has 0 heterocycles. The van der Waals surface area contributed by atoms with E-state index in [-0.39, 0.29) is 17.1 Å². The lowest BCUT2D eigenvalue weighted by Crippen LogP contribution is -2.48. The monoisotopic (exact) mass is 789 g/mol. The molecule has 316 valence electrons. The lowest BCUT2D eigenvalue weighted by molar-refractivity contribution is -0.146. The molecular weight excluding hydrogens is 717 g/mol. The molecular formula is C49H72O8. The second-order valence-electron chi connectivity index (χ2n) is 16.8. The van der Waals surface area contributed by atoms with Crippen LogP contribution in [0.1, 0.15) is 103 Å². The molecule has 0 saturated carbocycles. The van der Waals surface area contributed by atoms with Crippen molar-refractivity contribution < 1.29 is 39.9 Å². The zero-order valence-corrected chi connectivity index (χ0v) is 36.8. The van der Waals surface area contributed by atoms with Gasteiger partial charge in [0.15, 0.2) is 11.6 Å². The molecule has 0 fully saturated rings. The smallest absolute Gasteiger partial charge is 0.187 e. The van der Waals surface area contributed by atoms with Crippen molar-refractivity contribution in [3.05, 3.63) is 130 Å². The quantitative estimate of drug-likeness (QED) is 0.0978. The second-order valence-corrected chi connectivity index (χ2v) is 16.8. The van der Waals surface area contributed by atoms with Gasteiger partial charge in [0.1, 0.15) is 30.5 Å². The van der Waals surface area contributed by atoms with Crippen molar-refractivity contribution in [2.24, 2.45) is 16.7 Å². The molecule has 2 rings (SSSR count). The Balaban J connectivity index is 0.00000114. The van der Waals surface area contributed by atoms with Crippen LogP contribution in [-0.4, -0.2) is 80.8 Å². The summed E-state index contributed by atoms with van der Waals surface area (Å²) >= 11 is 0. The third kappa shape index (κ3) is 16.9.